The predicted octanol–water partition coefficient (Wildman–Crippen LogP) is 4.38. The third-order valence-electron chi connectivity index (χ3n) is 5.34. The molecule has 0 spiro atoms. The molecule has 1 amide bonds. The quantitative estimate of drug-likeness (QED) is 0.796. The van der Waals surface area contributed by atoms with Gasteiger partial charge in [0, 0.05) is 10.4 Å². The number of carbonyl (C=O) groups excluding carboxylic acids is 1. The maximum absolute atomic E-state index is 12.9. The number of rotatable bonds is 5. The summed E-state index contributed by atoms with van der Waals surface area (Å²) in [5.41, 5.74) is 2.17. The Bertz CT molecular complexity index is 689. The van der Waals surface area contributed by atoms with Gasteiger partial charge in [0.25, 0.3) is 0 Å². The second kappa shape index (κ2) is 7.69. The molecule has 2 aliphatic rings. The maximum Gasteiger partial charge on any atom is 0.307 e. The number of carboxylic acids is 1. The number of carbonyl (C=O) groups is 2. The van der Waals surface area contributed by atoms with Crippen molar-refractivity contribution in [2.75, 3.05) is 5.32 Å². The molecule has 1 aromatic rings. The van der Waals surface area contributed by atoms with Crippen molar-refractivity contribution in [3.05, 3.63) is 16.0 Å². The first-order chi connectivity index (χ1) is 12.3. The van der Waals surface area contributed by atoms with E-state index in [1.807, 2.05) is 20.8 Å². The summed E-state index contributed by atoms with van der Waals surface area (Å²) in [6, 6.07) is 0. The number of thiophene rings is 1. The number of amides is 1. The molecular formula is C20H29NO4S. The van der Waals surface area contributed by atoms with E-state index >= 15 is 0 Å². The Hall–Kier alpha value is -1.40. The number of nitrogens with one attached hydrogen (secondary N) is 1. The highest BCUT2D eigenvalue weighted by Gasteiger charge is 2.36. The number of aliphatic carboxylic acids is 1. The molecule has 0 bridgehead atoms. The van der Waals surface area contributed by atoms with Crippen LogP contribution in [0.15, 0.2) is 0 Å². The van der Waals surface area contributed by atoms with E-state index in [-0.39, 0.29) is 11.5 Å². The third-order valence-corrected chi connectivity index (χ3v) is 6.59. The highest BCUT2D eigenvalue weighted by molar-refractivity contribution is 7.16. The standard InChI is InChI=1S/C20H29NO4S/c1-20(2,3)25-11-15-12-9-6-10-16(12)26-18(15)21-17(22)13-7-4-5-8-14(13)19(23)24/h13-14H,4-11H2,1-3H3,(H,21,22)(H,23,24). The van der Waals surface area contributed by atoms with Crippen molar-refractivity contribution >= 4 is 28.2 Å². The molecule has 26 heavy (non-hydrogen) atoms. The van der Waals surface area contributed by atoms with Gasteiger partial charge in [0.1, 0.15) is 5.00 Å². The van der Waals surface area contributed by atoms with E-state index in [1.54, 1.807) is 11.3 Å². The van der Waals surface area contributed by atoms with E-state index in [1.165, 1.54) is 10.4 Å². The van der Waals surface area contributed by atoms with Gasteiger partial charge in [0.2, 0.25) is 5.91 Å². The van der Waals surface area contributed by atoms with Gasteiger partial charge in [0.05, 0.1) is 24.0 Å². The van der Waals surface area contributed by atoms with Crippen molar-refractivity contribution in [2.24, 2.45) is 11.8 Å². The van der Waals surface area contributed by atoms with Gasteiger partial charge in [-0.1, -0.05) is 12.8 Å². The van der Waals surface area contributed by atoms with Crippen LogP contribution in [0.3, 0.4) is 0 Å². The van der Waals surface area contributed by atoms with Gasteiger partial charge in [-0.2, -0.15) is 0 Å². The van der Waals surface area contributed by atoms with Gasteiger partial charge in [-0.05, 0) is 58.4 Å². The first kappa shape index (κ1) is 19.4. The monoisotopic (exact) mass is 379 g/mol. The molecule has 0 aliphatic heterocycles. The predicted molar refractivity (Wildman–Crippen MR) is 103 cm³/mol. The fraction of sp³-hybridized carbons (Fsp3) is 0.700. The van der Waals surface area contributed by atoms with Gasteiger partial charge in [-0.3, -0.25) is 9.59 Å². The fourth-order valence-corrected chi connectivity index (χ4v) is 5.26. The molecule has 2 N–H and O–H groups in total. The molecule has 2 unspecified atom stereocenters. The number of hydrogen-bond donors (Lipinski definition) is 2. The Morgan fingerprint density at radius 1 is 1.15 bits per heavy atom. The van der Waals surface area contributed by atoms with E-state index in [9.17, 15) is 14.7 Å². The van der Waals surface area contributed by atoms with Crippen LogP contribution in [-0.2, 0) is 33.8 Å². The van der Waals surface area contributed by atoms with E-state index in [4.69, 9.17) is 4.74 Å². The second-order valence-electron chi connectivity index (χ2n) is 8.39. The van der Waals surface area contributed by atoms with Gasteiger partial charge in [-0.15, -0.1) is 11.3 Å². The molecule has 144 valence electrons. The largest absolute Gasteiger partial charge is 0.481 e. The minimum absolute atomic E-state index is 0.144. The molecular weight excluding hydrogens is 350 g/mol. The van der Waals surface area contributed by atoms with E-state index in [2.05, 4.69) is 5.32 Å². The van der Waals surface area contributed by atoms with Crippen molar-refractivity contribution < 1.29 is 19.4 Å². The number of fused-ring (bicyclic) bond motifs is 1. The minimum atomic E-state index is -0.852. The lowest BCUT2D eigenvalue weighted by Crippen LogP contribution is -2.36. The average Bonchev–Trinajstić information content (AvgIpc) is 3.13. The minimum Gasteiger partial charge on any atom is -0.481 e. The zero-order valence-electron chi connectivity index (χ0n) is 15.9. The Morgan fingerprint density at radius 2 is 1.85 bits per heavy atom. The lowest BCUT2D eigenvalue weighted by Gasteiger charge is -2.27. The third kappa shape index (κ3) is 4.29. The van der Waals surface area contributed by atoms with E-state index < -0.39 is 17.8 Å². The molecule has 1 aromatic heterocycles. The summed E-state index contributed by atoms with van der Waals surface area (Å²) in [6.45, 7) is 6.56. The van der Waals surface area contributed by atoms with E-state index in [0.717, 1.165) is 42.7 Å². The normalized spacial score (nSPS) is 22.9. The zero-order chi connectivity index (χ0) is 18.9. The van der Waals surface area contributed by atoms with Crippen LogP contribution in [0.25, 0.3) is 0 Å². The fourth-order valence-electron chi connectivity index (χ4n) is 3.96. The maximum atomic E-state index is 12.9. The molecule has 6 heteroatoms. The number of ether oxygens (including phenoxy) is 1. The zero-order valence-corrected chi connectivity index (χ0v) is 16.7. The lowest BCUT2D eigenvalue weighted by atomic mass is 9.79. The first-order valence-corrected chi connectivity index (χ1v) is 10.4. The summed E-state index contributed by atoms with van der Waals surface area (Å²) in [5.74, 6) is -2.00. The number of anilines is 1. The van der Waals surface area contributed by atoms with Gasteiger partial charge < -0.3 is 15.2 Å². The summed E-state index contributed by atoms with van der Waals surface area (Å²) >= 11 is 1.64. The van der Waals surface area contributed by atoms with Crippen LogP contribution < -0.4 is 5.32 Å². The van der Waals surface area contributed by atoms with Crippen LogP contribution >= 0.6 is 11.3 Å². The van der Waals surface area contributed by atoms with Crippen molar-refractivity contribution in [1.29, 1.82) is 0 Å². The summed E-state index contributed by atoms with van der Waals surface area (Å²) < 4.78 is 5.99. The Kier molecular flexibility index (Phi) is 5.72. The molecule has 1 fully saturated rings. The molecule has 1 saturated carbocycles. The summed E-state index contributed by atoms with van der Waals surface area (Å²) in [5, 5.41) is 13.4. The van der Waals surface area contributed by atoms with Crippen molar-refractivity contribution in [1.82, 2.24) is 0 Å². The van der Waals surface area contributed by atoms with Crippen LogP contribution in [0.1, 0.15) is 68.9 Å². The van der Waals surface area contributed by atoms with Crippen molar-refractivity contribution in [3.63, 3.8) is 0 Å². The average molecular weight is 380 g/mol. The smallest absolute Gasteiger partial charge is 0.307 e. The van der Waals surface area contributed by atoms with Crippen molar-refractivity contribution in [3.8, 4) is 0 Å². The summed E-state index contributed by atoms with van der Waals surface area (Å²) in [4.78, 5) is 25.7. The number of hydrogen-bond acceptors (Lipinski definition) is 4. The molecule has 2 atom stereocenters. The highest BCUT2D eigenvalue weighted by atomic mass is 32.1. The van der Waals surface area contributed by atoms with Crippen LogP contribution in [0.4, 0.5) is 5.00 Å². The Balaban J connectivity index is 1.78. The van der Waals surface area contributed by atoms with Crippen molar-refractivity contribution in [2.45, 2.75) is 77.9 Å². The Labute approximate surface area is 159 Å². The van der Waals surface area contributed by atoms with Crippen LogP contribution in [0.5, 0.6) is 0 Å². The molecule has 2 aliphatic carbocycles. The Morgan fingerprint density at radius 3 is 2.50 bits per heavy atom. The van der Waals surface area contributed by atoms with Gasteiger partial charge >= 0.3 is 5.97 Å². The molecule has 1 heterocycles. The summed E-state index contributed by atoms with van der Waals surface area (Å²) in [6.07, 6.45) is 6.30. The molecule has 0 radical (unpaired) electrons. The molecule has 0 aromatic carbocycles. The number of carboxylic acid groups (broad SMARTS) is 1. The van der Waals surface area contributed by atoms with Gasteiger partial charge in [0.15, 0.2) is 0 Å². The lowest BCUT2D eigenvalue weighted by molar-refractivity contribution is -0.147. The second-order valence-corrected chi connectivity index (χ2v) is 9.50. The van der Waals surface area contributed by atoms with Crippen LogP contribution in [0, 0.1) is 11.8 Å². The molecule has 0 saturated heterocycles. The SMILES string of the molecule is CC(C)(C)OCc1c(NC(=O)C2CCCCC2C(=O)O)sc2c1CCC2. The summed E-state index contributed by atoms with van der Waals surface area (Å²) in [7, 11) is 0. The van der Waals surface area contributed by atoms with Crippen LogP contribution in [0.2, 0.25) is 0 Å². The number of aryl methyl sites for hydroxylation is 1. The first-order valence-electron chi connectivity index (χ1n) is 9.57. The van der Waals surface area contributed by atoms with Gasteiger partial charge in [-0.25, -0.2) is 0 Å². The van der Waals surface area contributed by atoms with E-state index in [0.29, 0.717) is 19.4 Å². The topological polar surface area (TPSA) is 75.6 Å². The molecule has 5 nitrogen and oxygen atoms in total. The van der Waals surface area contributed by atoms with Crippen LogP contribution in [-0.4, -0.2) is 22.6 Å². The molecule has 3 rings (SSSR count). The highest BCUT2D eigenvalue weighted by Crippen LogP contribution is 2.41.